The van der Waals surface area contributed by atoms with Crippen molar-refractivity contribution in [3.8, 4) is 11.1 Å². The molecule has 0 spiro atoms. The summed E-state index contributed by atoms with van der Waals surface area (Å²) in [6.45, 7) is 6.02. The number of carbonyl (C=O) groups is 1. The maximum Gasteiger partial charge on any atom is 0.238 e. The van der Waals surface area contributed by atoms with Crippen LogP contribution in [0, 0.1) is 13.8 Å². The van der Waals surface area contributed by atoms with Crippen molar-refractivity contribution in [3.63, 3.8) is 0 Å². The van der Waals surface area contributed by atoms with Gasteiger partial charge in [-0.3, -0.25) is 9.89 Å². The van der Waals surface area contributed by atoms with Crippen molar-refractivity contribution in [2.75, 3.05) is 12.4 Å². The Balaban J connectivity index is 1.80. The second-order valence-corrected chi connectivity index (χ2v) is 7.72. The summed E-state index contributed by atoms with van der Waals surface area (Å²) >= 11 is 1.32. The minimum absolute atomic E-state index is 0.166. The van der Waals surface area contributed by atoms with Crippen LogP contribution in [0.2, 0.25) is 0 Å². The number of aromatic amines is 1. The number of nitrogens with zero attached hydrogens (tertiary/aromatic N) is 3. The number of thioether (sulfide) groups is 1. The van der Waals surface area contributed by atoms with Crippen LogP contribution in [0.3, 0.4) is 0 Å². The average molecular weight is 398 g/mol. The van der Waals surface area contributed by atoms with Crippen molar-refractivity contribution >= 4 is 23.5 Å². The van der Waals surface area contributed by atoms with Gasteiger partial charge in [-0.25, -0.2) is 9.97 Å². The summed E-state index contributed by atoms with van der Waals surface area (Å²) in [7, 11) is 1.62. The largest absolute Gasteiger partial charge is 0.378 e. The highest BCUT2D eigenvalue weighted by Gasteiger charge is 2.21. The molecule has 2 N–H and O–H groups in total. The fraction of sp³-hybridized carbons (Fsp3) is 0.300. The van der Waals surface area contributed by atoms with Crippen LogP contribution in [-0.2, 0) is 16.1 Å². The van der Waals surface area contributed by atoms with Crippen molar-refractivity contribution in [1.82, 2.24) is 20.2 Å². The number of H-pyrrole nitrogens is 1. The van der Waals surface area contributed by atoms with Gasteiger partial charge in [0, 0.05) is 24.1 Å². The molecule has 1 aromatic carbocycles. The molecule has 1 amide bonds. The first-order valence-electron chi connectivity index (χ1n) is 8.89. The third kappa shape index (κ3) is 4.76. The lowest BCUT2D eigenvalue weighted by Crippen LogP contribution is -2.23. The molecule has 1 atom stereocenters. The Bertz CT molecular complexity index is 938. The van der Waals surface area contributed by atoms with Gasteiger partial charge in [0.1, 0.15) is 0 Å². The molecule has 0 saturated carbocycles. The zero-order valence-corrected chi connectivity index (χ0v) is 17.1. The SMILES string of the molecule is COCc1[nH]nc(NC(=O)C(C)Sc2nc(C)cc(C)n2)c1-c1ccccc1. The highest BCUT2D eigenvalue weighted by atomic mass is 32.2. The fourth-order valence-electron chi connectivity index (χ4n) is 2.81. The van der Waals surface area contributed by atoms with Gasteiger partial charge in [-0.1, -0.05) is 42.1 Å². The van der Waals surface area contributed by atoms with E-state index in [9.17, 15) is 4.79 Å². The molecule has 28 heavy (non-hydrogen) atoms. The Kier molecular flexibility index (Phi) is 6.43. The van der Waals surface area contributed by atoms with Gasteiger partial charge in [0.2, 0.25) is 5.91 Å². The molecule has 0 fully saturated rings. The number of amides is 1. The molecular formula is C20H23N5O2S. The maximum atomic E-state index is 12.8. The molecule has 7 nitrogen and oxygen atoms in total. The van der Waals surface area contributed by atoms with E-state index in [1.165, 1.54) is 11.8 Å². The van der Waals surface area contributed by atoms with Crippen LogP contribution in [0.25, 0.3) is 11.1 Å². The predicted octanol–water partition coefficient (Wildman–Crippen LogP) is 3.75. The molecule has 0 radical (unpaired) electrons. The van der Waals surface area contributed by atoms with Crippen molar-refractivity contribution in [2.24, 2.45) is 0 Å². The van der Waals surface area contributed by atoms with Crippen LogP contribution >= 0.6 is 11.8 Å². The minimum atomic E-state index is -0.382. The number of aryl methyl sites for hydroxylation is 2. The lowest BCUT2D eigenvalue weighted by molar-refractivity contribution is -0.115. The molecule has 0 saturated heterocycles. The van der Waals surface area contributed by atoms with Crippen molar-refractivity contribution in [3.05, 3.63) is 53.5 Å². The summed E-state index contributed by atoms with van der Waals surface area (Å²) in [5, 5.41) is 10.4. The predicted molar refractivity (Wildman–Crippen MR) is 110 cm³/mol. The summed E-state index contributed by atoms with van der Waals surface area (Å²) < 4.78 is 5.25. The van der Waals surface area contributed by atoms with E-state index in [2.05, 4.69) is 25.5 Å². The molecular weight excluding hydrogens is 374 g/mol. The molecule has 0 aliphatic carbocycles. The molecule has 8 heteroatoms. The molecule has 1 unspecified atom stereocenters. The van der Waals surface area contributed by atoms with E-state index >= 15 is 0 Å². The zero-order valence-electron chi connectivity index (χ0n) is 16.3. The summed E-state index contributed by atoms with van der Waals surface area (Å²) in [6, 6.07) is 11.7. The van der Waals surface area contributed by atoms with Gasteiger partial charge >= 0.3 is 0 Å². The van der Waals surface area contributed by atoms with E-state index in [4.69, 9.17) is 4.74 Å². The van der Waals surface area contributed by atoms with Crippen LogP contribution in [0.15, 0.2) is 41.6 Å². The monoisotopic (exact) mass is 397 g/mol. The van der Waals surface area contributed by atoms with Gasteiger partial charge < -0.3 is 10.1 Å². The highest BCUT2D eigenvalue weighted by molar-refractivity contribution is 8.00. The van der Waals surface area contributed by atoms with Crippen LogP contribution in [0.1, 0.15) is 24.0 Å². The van der Waals surface area contributed by atoms with Gasteiger partial charge in [-0.2, -0.15) is 5.10 Å². The first-order valence-corrected chi connectivity index (χ1v) is 9.77. The number of benzene rings is 1. The standard InChI is InChI=1S/C20H23N5O2S/c1-12-10-13(2)22-20(21-12)28-14(3)19(26)23-18-17(15-8-6-5-7-9-15)16(11-27-4)24-25-18/h5-10,14H,11H2,1-4H3,(H2,23,24,25,26). The van der Waals surface area contributed by atoms with Gasteiger partial charge in [0.25, 0.3) is 0 Å². The van der Waals surface area contributed by atoms with Crippen molar-refractivity contribution in [2.45, 2.75) is 37.8 Å². The third-order valence-corrected chi connectivity index (χ3v) is 5.01. The number of aromatic nitrogens is 4. The topological polar surface area (TPSA) is 92.8 Å². The van der Waals surface area contributed by atoms with E-state index in [1.54, 1.807) is 7.11 Å². The number of methoxy groups -OCH3 is 1. The fourth-order valence-corrected chi connectivity index (χ4v) is 3.68. The number of hydrogen-bond donors (Lipinski definition) is 2. The molecule has 146 valence electrons. The number of rotatable bonds is 7. The van der Waals surface area contributed by atoms with Crippen molar-refractivity contribution < 1.29 is 9.53 Å². The number of anilines is 1. The smallest absolute Gasteiger partial charge is 0.238 e. The first-order chi connectivity index (χ1) is 13.5. The Morgan fingerprint density at radius 1 is 1.21 bits per heavy atom. The number of hydrogen-bond acceptors (Lipinski definition) is 6. The minimum Gasteiger partial charge on any atom is -0.378 e. The van der Waals surface area contributed by atoms with Gasteiger partial charge in [-0.05, 0) is 32.4 Å². The summed E-state index contributed by atoms with van der Waals surface area (Å²) in [6.07, 6.45) is 0. The van der Waals surface area contributed by atoms with E-state index in [0.29, 0.717) is 17.6 Å². The Labute approximate surface area is 168 Å². The van der Waals surface area contributed by atoms with E-state index in [0.717, 1.165) is 28.2 Å². The van der Waals surface area contributed by atoms with Gasteiger partial charge in [0.15, 0.2) is 11.0 Å². The average Bonchev–Trinajstić information content (AvgIpc) is 3.04. The van der Waals surface area contributed by atoms with E-state index in [-0.39, 0.29) is 11.2 Å². The van der Waals surface area contributed by atoms with E-state index < -0.39 is 0 Å². The first kappa shape index (κ1) is 20.0. The summed E-state index contributed by atoms with van der Waals surface area (Å²) in [4.78, 5) is 21.5. The van der Waals surface area contributed by atoms with Crippen molar-refractivity contribution in [1.29, 1.82) is 0 Å². The lowest BCUT2D eigenvalue weighted by atomic mass is 10.1. The molecule has 0 bridgehead atoms. The number of nitrogens with one attached hydrogen (secondary N) is 2. The number of carbonyl (C=O) groups excluding carboxylic acids is 1. The molecule has 3 aromatic rings. The van der Waals surface area contributed by atoms with Crippen LogP contribution in [0.4, 0.5) is 5.82 Å². The highest BCUT2D eigenvalue weighted by Crippen LogP contribution is 2.31. The number of ether oxygens (including phenoxy) is 1. The van der Waals surface area contributed by atoms with Gasteiger partial charge in [-0.15, -0.1) is 0 Å². The van der Waals surface area contributed by atoms with Crippen LogP contribution in [0.5, 0.6) is 0 Å². The second-order valence-electron chi connectivity index (χ2n) is 6.41. The summed E-state index contributed by atoms with van der Waals surface area (Å²) in [5.74, 6) is 0.317. The molecule has 0 aliphatic heterocycles. The van der Waals surface area contributed by atoms with Crippen LogP contribution in [-0.4, -0.2) is 38.4 Å². The molecule has 2 heterocycles. The zero-order chi connectivity index (χ0) is 20.1. The Morgan fingerprint density at radius 3 is 2.54 bits per heavy atom. The Hall–Kier alpha value is -2.71. The quantitative estimate of drug-likeness (QED) is 0.466. The van der Waals surface area contributed by atoms with Gasteiger partial charge in [0.05, 0.1) is 17.6 Å². The third-order valence-electron chi connectivity index (χ3n) is 4.05. The molecule has 0 aliphatic rings. The van der Waals surface area contributed by atoms with E-state index in [1.807, 2.05) is 57.2 Å². The lowest BCUT2D eigenvalue weighted by Gasteiger charge is -2.12. The maximum absolute atomic E-state index is 12.8. The summed E-state index contributed by atoms with van der Waals surface area (Å²) in [5.41, 5.74) is 4.35. The second kappa shape index (κ2) is 8.99. The molecule has 2 aromatic heterocycles. The Morgan fingerprint density at radius 2 is 1.89 bits per heavy atom. The molecule has 3 rings (SSSR count). The van der Waals surface area contributed by atoms with Crippen LogP contribution < -0.4 is 5.32 Å². The normalized spacial score (nSPS) is 12.0.